The summed E-state index contributed by atoms with van der Waals surface area (Å²) in [7, 11) is 0. The zero-order valence-corrected chi connectivity index (χ0v) is 11.4. The minimum absolute atomic E-state index is 0.0936. The summed E-state index contributed by atoms with van der Waals surface area (Å²) >= 11 is 0. The van der Waals surface area contributed by atoms with E-state index < -0.39 is 11.4 Å². The quantitative estimate of drug-likeness (QED) is 0.699. The Labute approximate surface area is 125 Å². The van der Waals surface area contributed by atoms with Crippen LogP contribution in [0.5, 0.6) is 0 Å². The third-order valence-electron chi connectivity index (χ3n) is 4.05. The number of anilines is 3. The molecule has 2 aromatic carbocycles. The van der Waals surface area contributed by atoms with E-state index in [0.29, 0.717) is 22.6 Å². The molecule has 0 saturated carbocycles. The Morgan fingerprint density at radius 3 is 2.55 bits per heavy atom. The summed E-state index contributed by atoms with van der Waals surface area (Å²) in [6, 6.07) is 11.2. The molecule has 0 bridgehead atoms. The highest BCUT2D eigenvalue weighted by molar-refractivity contribution is 6.12. The van der Waals surface area contributed by atoms with Crippen molar-refractivity contribution < 1.29 is 14.0 Å². The number of benzene rings is 2. The van der Waals surface area contributed by atoms with E-state index in [1.54, 1.807) is 12.1 Å². The first-order valence-corrected chi connectivity index (χ1v) is 6.87. The molecule has 2 aromatic rings. The lowest BCUT2D eigenvalue weighted by atomic mass is 9.80. The van der Waals surface area contributed by atoms with E-state index in [1.165, 1.54) is 18.2 Å². The lowest BCUT2D eigenvalue weighted by molar-refractivity contribution is -0.126. The molecule has 1 unspecified atom stereocenters. The Balaban J connectivity index is 1.93. The standard InChI is InChI=1S/C16H12FN3O2/c17-9-5-6-11-10(7-9)16(8-14(21)18-11)15(22)19-12-3-1-2-4-13(12)20-16/h1-7,20H,8H2,(H,18,21)(H,19,22). The van der Waals surface area contributed by atoms with Crippen molar-refractivity contribution >= 4 is 28.9 Å². The van der Waals surface area contributed by atoms with Crippen LogP contribution in [0.1, 0.15) is 12.0 Å². The van der Waals surface area contributed by atoms with Gasteiger partial charge in [-0.25, -0.2) is 4.39 Å². The molecule has 4 rings (SSSR count). The molecule has 0 fully saturated rings. The van der Waals surface area contributed by atoms with E-state index in [9.17, 15) is 14.0 Å². The van der Waals surface area contributed by atoms with Gasteiger partial charge < -0.3 is 16.0 Å². The maximum absolute atomic E-state index is 13.7. The van der Waals surface area contributed by atoms with Crippen molar-refractivity contribution in [2.75, 3.05) is 16.0 Å². The Kier molecular flexibility index (Phi) is 2.51. The highest BCUT2D eigenvalue weighted by Gasteiger charge is 2.49. The molecule has 5 nitrogen and oxygen atoms in total. The van der Waals surface area contributed by atoms with Crippen LogP contribution < -0.4 is 16.0 Å². The largest absolute Gasteiger partial charge is 0.365 e. The molecule has 1 atom stereocenters. The van der Waals surface area contributed by atoms with Gasteiger partial charge in [0.25, 0.3) is 5.91 Å². The summed E-state index contributed by atoms with van der Waals surface area (Å²) in [5, 5.41) is 8.61. The number of hydrogen-bond acceptors (Lipinski definition) is 3. The number of fused-ring (bicyclic) bond motifs is 3. The predicted molar refractivity (Wildman–Crippen MR) is 80.0 cm³/mol. The van der Waals surface area contributed by atoms with Crippen LogP contribution in [0.2, 0.25) is 0 Å². The first-order valence-electron chi connectivity index (χ1n) is 6.87. The molecule has 2 aliphatic rings. The maximum atomic E-state index is 13.7. The number of para-hydroxylation sites is 2. The Bertz CT molecular complexity index is 821. The van der Waals surface area contributed by atoms with Crippen molar-refractivity contribution in [3.63, 3.8) is 0 Å². The molecule has 0 radical (unpaired) electrons. The lowest BCUT2D eigenvalue weighted by Crippen LogP contribution is -2.54. The molecule has 1 spiro atoms. The highest BCUT2D eigenvalue weighted by Crippen LogP contribution is 2.43. The van der Waals surface area contributed by atoms with Crippen LogP contribution in [0.3, 0.4) is 0 Å². The van der Waals surface area contributed by atoms with Gasteiger partial charge in [-0.3, -0.25) is 9.59 Å². The summed E-state index contributed by atoms with van der Waals surface area (Å²) in [4.78, 5) is 24.7. The predicted octanol–water partition coefficient (Wildman–Crippen LogP) is 2.43. The number of halogens is 1. The molecule has 2 amide bonds. The van der Waals surface area contributed by atoms with Gasteiger partial charge in [-0.1, -0.05) is 12.1 Å². The molecular weight excluding hydrogens is 285 g/mol. The normalized spacial score (nSPS) is 22.2. The topological polar surface area (TPSA) is 70.2 Å². The molecule has 2 aliphatic heterocycles. The molecule has 110 valence electrons. The van der Waals surface area contributed by atoms with E-state index in [0.717, 1.165) is 0 Å². The first-order chi connectivity index (χ1) is 10.6. The number of nitrogens with one attached hydrogen (secondary N) is 3. The molecule has 6 heteroatoms. The highest BCUT2D eigenvalue weighted by atomic mass is 19.1. The average molecular weight is 297 g/mol. The summed E-state index contributed by atoms with van der Waals surface area (Å²) < 4.78 is 13.7. The first kappa shape index (κ1) is 12.8. The van der Waals surface area contributed by atoms with Gasteiger partial charge in [0.1, 0.15) is 5.82 Å². The second-order valence-corrected chi connectivity index (χ2v) is 5.44. The van der Waals surface area contributed by atoms with Crippen LogP contribution in [-0.4, -0.2) is 11.8 Å². The Morgan fingerprint density at radius 2 is 1.73 bits per heavy atom. The van der Waals surface area contributed by atoms with E-state index in [2.05, 4.69) is 16.0 Å². The SMILES string of the molecule is O=C1CC2(Nc3ccccc3NC2=O)c2cc(F)ccc2N1. The Hall–Kier alpha value is -2.89. The van der Waals surface area contributed by atoms with Crippen molar-refractivity contribution in [2.45, 2.75) is 12.0 Å². The number of hydrogen-bond donors (Lipinski definition) is 3. The van der Waals surface area contributed by atoms with Crippen molar-refractivity contribution in [3.8, 4) is 0 Å². The van der Waals surface area contributed by atoms with Gasteiger partial charge in [-0.15, -0.1) is 0 Å². The van der Waals surface area contributed by atoms with Crippen LogP contribution in [0.25, 0.3) is 0 Å². The molecule has 0 saturated heterocycles. The zero-order valence-electron chi connectivity index (χ0n) is 11.4. The summed E-state index contributed by atoms with van der Waals surface area (Å²) in [5.74, 6) is -1.11. The lowest BCUT2D eigenvalue weighted by Gasteiger charge is -2.41. The third-order valence-corrected chi connectivity index (χ3v) is 4.05. The van der Waals surface area contributed by atoms with Crippen molar-refractivity contribution in [1.82, 2.24) is 0 Å². The summed E-state index contributed by atoms with van der Waals surface area (Å²) in [6.07, 6.45) is -0.0936. The number of carbonyl (C=O) groups excluding carboxylic acids is 2. The summed E-state index contributed by atoms with van der Waals surface area (Å²) in [5.41, 5.74) is 0.918. The van der Waals surface area contributed by atoms with Gasteiger partial charge in [0.15, 0.2) is 5.54 Å². The number of carbonyl (C=O) groups is 2. The fourth-order valence-corrected chi connectivity index (χ4v) is 3.04. The van der Waals surface area contributed by atoms with Crippen LogP contribution in [-0.2, 0) is 15.1 Å². The second kappa shape index (κ2) is 4.30. The number of amides is 2. The van der Waals surface area contributed by atoms with Crippen LogP contribution in [0.15, 0.2) is 42.5 Å². The van der Waals surface area contributed by atoms with Gasteiger partial charge in [-0.05, 0) is 30.3 Å². The molecule has 3 N–H and O–H groups in total. The maximum Gasteiger partial charge on any atom is 0.255 e. The van der Waals surface area contributed by atoms with E-state index in [1.807, 2.05) is 12.1 Å². The van der Waals surface area contributed by atoms with E-state index in [-0.39, 0.29) is 18.2 Å². The van der Waals surface area contributed by atoms with Crippen molar-refractivity contribution in [1.29, 1.82) is 0 Å². The van der Waals surface area contributed by atoms with E-state index >= 15 is 0 Å². The van der Waals surface area contributed by atoms with Gasteiger partial charge in [0.05, 0.1) is 17.8 Å². The van der Waals surface area contributed by atoms with Gasteiger partial charge >= 0.3 is 0 Å². The van der Waals surface area contributed by atoms with Crippen LogP contribution in [0.4, 0.5) is 21.5 Å². The smallest absolute Gasteiger partial charge is 0.255 e. The van der Waals surface area contributed by atoms with Crippen LogP contribution in [0, 0.1) is 5.82 Å². The van der Waals surface area contributed by atoms with Gasteiger partial charge in [-0.2, -0.15) is 0 Å². The molecule has 22 heavy (non-hydrogen) atoms. The zero-order chi connectivity index (χ0) is 15.3. The summed E-state index contributed by atoms with van der Waals surface area (Å²) in [6.45, 7) is 0. The Morgan fingerprint density at radius 1 is 0.955 bits per heavy atom. The second-order valence-electron chi connectivity index (χ2n) is 5.44. The molecular formula is C16H12FN3O2. The molecule has 2 heterocycles. The molecule has 0 aromatic heterocycles. The third kappa shape index (κ3) is 1.70. The van der Waals surface area contributed by atoms with E-state index in [4.69, 9.17) is 0 Å². The fourth-order valence-electron chi connectivity index (χ4n) is 3.04. The minimum Gasteiger partial charge on any atom is -0.365 e. The van der Waals surface area contributed by atoms with Crippen molar-refractivity contribution in [2.24, 2.45) is 0 Å². The fraction of sp³-hybridized carbons (Fsp3) is 0.125. The molecule has 0 aliphatic carbocycles. The van der Waals surface area contributed by atoms with Gasteiger partial charge in [0.2, 0.25) is 5.91 Å². The minimum atomic E-state index is -1.30. The number of rotatable bonds is 0. The van der Waals surface area contributed by atoms with Crippen LogP contribution >= 0.6 is 0 Å². The average Bonchev–Trinajstić information content (AvgIpc) is 2.49. The monoisotopic (exact) mass is 297 g/mol. The van der Waals surface area contributed by atoms with Crippen molar-refractivity contribution in [3.05, 3.63) is 53.8 Å². The van der Waals surface area contributed by atoms with Gasteiger partial charge in [0, 0.05) is 11.3 Å².